The summed E-state index contributed by atoms with van der Waals surface area (Å²) >= 11 is 10.6. The summed E-state index contributed by atoms with van der Waals surface area (Å²) in [7, 11) is 0. The Balaban J connectivity index is 1.89. The molecule has 2 rings (SSSR count). The van der Waals surface area contributed by atoms with Gasteiger partial charge in [0.05, 0.1) is 11.8 Å². The third-order valence-corrected chi connectivity index (χ3v) is 4.51. The second kappa shape index (κ2) is 6.55. The molecule has 1 saturated heterocycles. The van der Waals surface area contributed by atoms with Crippen LogP contribution in [0.3, 0.4) is 0 Å². The minimum atomic E-state index is 0.440. The Morgan fingerprint density at radius 1 is 1.24 bits per heavy atom. The van der Waals surface area contributed by atoms with E-state index < -0.39 is 0 Å². The van der Waals surface area contributed by atoms with E-state index in [1.54, 1.807) is 0 Å². The van der Waals surface area contributed by atoms with Gasteiger partial charge in [-0.2, -0.15) is 0 Å². The molecule has 5 heteroatoms. The molecule has 1 heterocycles. The quantitative estimate of drug-likeness (QED) is 0.733. The van der Waals surface area contributed by atoms with Gasteiger partial charge in [0.15, 0.2) is 0 Å². The number of rotatable bonds is 4. The minimum absolute atomic E-state index is 0.440. The third kappa shape index (κ3) is 3.94. The normalized spacial score (nSPS) is 19.6. The molecule has 0 aromatic heterocycles. The van der Waals surface area contributed by atoms with Gasteiger partial charge in [0.25, 0.3) is 0 Å². The summed E-state index contributed by atoms with van der Waals surface area (Å²) < 4.78 is 8.78. The number of hydrogen-bond acceptors (Lipinski definition) is 2. The van der Waals surface area contributed by atoms with Crippen molar-refractivity contribution >= 4 is 53.5 Å². The summed E-state index contributed by atoms with van der Waals surface area (Å²) in [5.74, 6) is 0. The molecule has 17 heavy (non-hydrogen) atoms. The number of nitrogens with one attached hydrogen (secondary N) is 1. The Kier molecular flexibility index (Phi) is 5.33. The molecular weight excluding hydrogens is 414 g/mol. The lowest BCUT2D eigenvalue weighted by Crippen LogP contribution is -2.12. The Morgan fingerprint density at radius 3 is 2.53 bits per heavy atom. The number of anilines is 1. The van der Waals surface area contributed by atoms with Crippen molar-refractivity contribution in [1.82, 2.24) is 0 Å². The molecule has 0 spiro atoms. The Labute approximate surface area is 127 Å². The molecule has 1 N–H and O–H groups in total. The molecule has 0 aliphatic carbocycles. The highest BCUT2D eigenvalue weighted by molar-refractivity contribution is 9.11. The van der Waals surface area contributed by atoms with E-state index in [0.717, 1.165) is 38.7 Å². The van der Waals surface area contributed by atoms with Gasteiger partial charge in [0.2, 0.25) is 0 Å². The second-order valence-corrected chi connectivity index (χ2v) is 6.72. The lowest BCUT2D eigenvalue weighted by atomic mass is 10.2. The van der Waals surface area contributed by atoms with Crippen LogP contribution in [0.2, 0.25) is 0 Å². The highest BCUT2D eigenvalue weighted by Gasteiger charge is 2.15. The van der Waals surface area contributed by atoms with Crippen LogP contribution in [0.4, 0.5) is 5.69 Å². The highest BCUT2D eigenvalue weighted by Crippen LogP contribution is 2.34. The molecule has 0 bridgehead atoms. The first kappa shape index (κ1) is 13.8. The summed E-state index contributed by atoms with van der Waals surface area (Å²) in [6.07, 6.45) is 3.91. The van der Waals surface area contributed by atoms with Gasteiger partial charge >= 0.3 is 0 Å². The highest BCUT2D eigenvalue weighted by atomic mass is 79.9. The molecule has 1 unspecified atom stereocenters. The second-order valence-electron chi connectivity index (χ2n) is 4.09. The van der Waals surface area contributed by atoms with E-state index >= 15 is 0 Å². The molecule has 1 fully saturated rings. The number of halogens is 3. The molecule has 0 saturated carbocycles. The summed E-state index contributed by atoms with van der Waals surface area (Å²) in [6.45, 7) is 1.86. The number of hydrogen-bond donors (Lipinski definition) is 1. The zero-order valence-electron chi connectivity index (χ0n) is 9.31. The van der Waals surface area contributed by atoms with Crippen LogP contribution in [0.5, 0.6) is 0 Å². The molecule has 1 aliphatic rings. The van der Waals surface area contributed by atoms with Crippen LogP contribution >= 0.6 is 47.8 Å². The smallest absolute Gasteiger partial charge is 0.0629 e. The average Bonchev–Trinajstić information content (AvgIpc) is 2.74. The van der Waals surface area contributed by atoms with Crippen molar-refractivity contribution < 1.29 is 4.74 Å². The largest absolute Gasteiger partial charge is 0.383 e. The molecule has 94 valence electrons. The van der Waals surface area contributed by atoms with Crippen molar-refractivity contribution in [2.24, 2.45) is 0 Å². The summed E-state index contributed by atoms with van der Waals surface area (Å²) in [5.41, 5.74) is 1.10. The predicted molar refractivity (Wildman–Crippen MR) is 81.6 cm³/mol. The van der Waals surface area contributed by atoms with Gasteiger partial charge in [0, 0.05) is 26.6 Å². The fraction of sp³-hybridized carbons (Fsp3) is 0.500. The Bertz CT molecular complexity index is 368. The lowest BCUT2D eigenvalue weighted by Gasteiger charge is -2.13. The van der Waals surface area contributed by atoms with Gasteiger partial charge in [-0.1, -0.05) is 15.9 Å². The number of ether oxygens (including phenoxy) is 1. The van der Waals surface area contributed by atoms with Crippen molar-refractivity contribution in [3.63, 3.8) is 0 Å². The fourth-order valence-corrected chi connectivity index (χ4v) is 4.48. The van der Waals surface area contributed by atoms with Crippen LogP contribution in [0.25, 0.3) is 0 Å². The standard InChI is InChI=1S/C12H14Br3NO/c13-8-6-10(14)12(11(15)7-8)16-4-3-9-2-1-5-17-9/h6-7,9,16H,1-5H2. The van der Waals surface area contributed by atoms with Crippen molar-refractivity contribution in [3.05, 3.63) is 25.6 Å². The van der Waals surface area contributed by atoms with Gasteiger partial charge in [0.1, 0.15) is 0 Å². The molecule has 1 atom stereocenters. The minimum Gasteiger partial charge on any atom is -0.383 e. The van der Waals surface area contributed by atoms with E-state index in [0.29, 0.717) is 6.10 Å². The molecule has 0 radical (unpaired) electrons. The van der Waals surface area contributed by atoms with Gasteiger partial charge in [-0.05, 0) is 63.3 Å². The van der Waals surface area contributed by atoms with Crippen molar-refractivity contribution in [3.8, 4) is 0 Å². The maximum atomic E-state index is 5.60. The third-order valence-electron chi connectivity index (χ3n) is 2.80. The van der Waals surface area contributed by atoms with Crippen molar-refractivity contribution in [2.45, 2.75) is 25.4 Å². The topological polar surface area (TPSA) is 21.3 Å². The molecule has 1 aliphatic heterocycles. The van der Waals surface area contributed by atoms with Gasteiger partial charge in [-0.3, -0.25) is 0 Å². The van der Waals surface area contributed by atoms with E-state index in [9.17, 15) is 0 Å². The van der Waals surface area contributed by atoms with Crippen LogP contribution in [0, 0.1) is 0 Å². The van der Waals surface area contributed by atoms with Crippen molar-refractivity contribution in [2.75, 3.05) is 18.5 Å². The lowest BCUT2D eigenvalue weighted by molar-refractivity contribution is 0.107. The monoisotopic (exact) mass is 425 g/mol. The van der Waals surface area contributed by atoms with Crippen LogP contribution in [-0.4, -0.2) is 19.3 Å². The molecule has 1 aromatic rings. The van der Waals surface area contributed by atoms with Gasteiger partial charge < -0.3 is 10.1 Å². The van der Waals surface area contributed by atoms with E-state index in [1.807, 2.05) is 12.1 Å². The van der Waals surface area contributed by atoms with Crippen LogP contribution in [-0.2, 0) is 4.74 Å². The molecule has 1 aromatic carbocycles. The van der Waals surface area contributed by atoms with Gasteiger partial charge in [-0.25, -0.2) is 0 Å². The SMILES string of the molecule is Brc1cc(Br)c(NCCC2CCCO2)c(Br)c1. The van der Waals surface area contributed by atoms with Crippen molar-refractivity contribution in [1.29, 1.82) is 0 Å². The maximum absolute atomic E-state index is 5.60. The summed E-state index contributed by atoms with van der Waals surface area (Å²) in [5, 5.41) is 3.44. The first-order chi connectivity index (χ1) is 8.16. The van der Waals surface area contributed by atoms with E-state index in [-0.39, 0.29) is 0 Å². The zero-order chi connectivity index (χ0) is 12.3. The van der Waals surface area contributed by atoms with E-state index in [2.05, 4.69) is 53.1 Å². The van der Waals surface area contributed by atoms with Crippen LogP contribution < -0.4 is 5.32 Å². The molecule has 0 amide bonds. The predicted octanol–water partition coefficient (Wildman–Crippen LogP) is 4.96. The first-order valence-corrected chi connectivity index (χ1v) is 8.05. The number of benzene rings is 1. The average molecular weight is 428 g/mol. The van der Waals surface area contributed by atoms with E-state index in [1.165, 1.54) is 12.8 Å². The Morgan fingerprint density at radius 2 is 1.94 bits per heavy atom. The maximum Gasteiger partial charge on any atom is 0.0629 e. The van der Waals surface area contributed by atoms with E-state index in [4.69, 9.17) is 4.74 Å². The van der Waals surface area contributed by atoms with Gasteiger partial charge in [-0.15, -0.1) is 0 Å². The zero-order valence-corrected chi connectivity index (χ0v) is 14.1. The summed E-state index contributed by atoms with van der Waals surface area (Å²) in [4.78, 5) is 0. The van der Waals surface area contributed by atoms with Crippen LogP contribution in [0.1, 0.15) is 19.3 Å². The molecule has 2 nitrogen and oxygen atoms in total. The summed E-state index contributed by atoms with van der Waals surface area (Å²) in [6, 6.07) is 4.08. The fourth-order valence-electron chi connectivity index (χ4n) is 1.94. The van der Waals surface area contributed by atoms with Crippen LogP contribution in [0.15, 0.2) is 25.6 Å². The Hall–Kier alpha value is 0.420. The first-order valence-electron chi connectivity index (χ1n) is 5.67. The molecular formula is C12H14Br3NO.